The Balaban J connectivity index is 0.894. The third-order valence-corrected chi connectivity index (χ3v) is 15.3. The Morgan fingerprint density at radius 1 is 0.955 bits per heavy atom. The third-order valence-electron chi connectivity index (χ3n) is 15.3. The molecule has 3 spiro atoms. The highest BCUT2D eigenvalue weighted by atomic mass is 16.5. The van der Waals surface area contributed by atoms with E-state index in [1.807, 2.05) is 30.3 Å². The lowest BCUT2D eigenvalue weighted by Crippen LogP contribution is -2.64. The van der Waals surface area contributed by atoms with Crippen molar-refractivity contribution in [3.63, 3.8) is 0 Å². The van der Waals surface area contributed by atoms with Crippen LogP contribution in [0.15, 0.2) is 66.2 Å². The Labute approximate surface area is 263 Å². The molecule has 8 aliphatic rings. The maximum atomic E-state index is 10.5. The van der Waals surface area contributed by atoms with Crippen LogP contribution in [-0.4, -0.2) is 40.4 Å². The lowest BCUT2D eigenvalue weighted by Gasteiger charge is -2.60. The summed E-state index contributed by atoms with van der Waals surface area (Å²) >= 11 is 0. The largest absolute Gasteiger partial charge is 0.457 e. The maximum absolute atomic E-state index is 10.5. The lowest BCUT2D eigenvalue weighted by atomic mass is 9.47. The Kier molecular flexibility index (Phi) is 5.54. The van der Waals surface area contributed by atoms with Gasteiger partial charge in [0.05, 0.1) is 17.8 Å². The van der Waals surface area contributed by atoms with Gasteiger partial charge in [-0.1, -0.05) is 55.8 Å². The third kappa shape index (κ3) is 3.36. The molecule has 2 aromatic carbocycles. The maximum Gasteiger partial charge on any atom is 0.127 e. The molecule has 4 nitrogen and oxygen atoms in total. The molecule has 0 amide bonds. The smallest absolute Gasteiger partial charge is 0.127 e. The number of piperidine rings is 1. The summed E-state index contributed by atoms with van der Waals surface area (Å²) in [6.45, 7) is 7.23. The van der Waals surface area contributed by atoms with Gasteiger partial charge in [-0.3, -0.25) is 4.90 Å². The van der Waals surface area contributed by atoms with E-state index < -0.39 is 0 Å². The zero-order valence-electron chi connectivity index (χ0n) is 26.6. The van der Waals surface area contributed by atoms with Gasteiger partial charge in [-0.25, -0.2) is 0 Å². The van der Waals surface area contributed by atoms with E-state index in [4.69, 9.17) is 9.47 Å². The summed E-state index contributed by atoms with van der Waals surface area (Å²) < 4.78 is 13.6. The van der Waals surface area contributed by atoms with Crippen molar-refractivity contribution in [3.8, 4) is 11.5 Å². The number of para-hydroxylation sites is 1. The van der Waals surface area contributed by atoms with Crippen LogP contribution >= 0.6 is 0 Å². The fourth-order valence-electron chi connectivity index (χ4n) is 13.6. The molecule has 10 rings (SSSR count). The lowest BCUT2D eigenvalue weighted by molar-refractivity contribution is -0.211. The molecule has 2 heterocycles. The van der Waals surface area contributed by atoms with E-state index in [1.54, 1.807) is 5.57 Å². The summed E-state index contributed by atoms with van der Waals surface area (Å²) in [5.74, 6) is 5.76. The summed E-state index contributed by atoms with van der Waals surface area (Å²) in [6, 6.07) is 19.5. The summed E-state index contributed by atoms with van der Waals surface area (Å²) in [4.78, 5) is 2.83. The fourth-order valence-corrected chi connectivity index (χ4v) is 13.6. The van der Waals surface area contributed by atoms with Crippen LogP contribution in [0, 0.1) is 45.8 Å². The second kappa shape index (κ2) is 9.02. The van der Waals surface area contributed by atoms with Crippen molar-refractivity contribution < 1.29 is 14.6 Å². The minimum absolute atomic E-state index is 0.114. The fraction of sp³-hybridized carbons (Fsp3) is 0.650. The first kappa shape index (κ1) is 27.0. The molecule has 4 heteroatoms. The standard InChI is InChI=1S/C40H49NO3/c1-25-18-35-36(41(22-25)23-26-8-11-30(12-9-26)43-29-6-4-3-5-7-29)34-21-39-24-38(39)20-33-31(32(38)15-17-40(34,39)44-35)13-10-27-19-28(42)14-16-37(27,33)2/h3-12,25,28,31-36,42H,13-24H2,1-2H3/t25-,28-,31-,32-,33-,34+,35+,36-,37-,38?,39?,40+/m0/s1. The molecule has 2 unspecified atom stereocenters. The van der Waals surface area contributed by atoms with Crippen molar-refractivity contribution in [1.82, 2.24) is 4.90 Å². The van der Waals surface area contributed by atoms with Crippen molar-refractivity contribution in [2.75, 3.05) is 6.54 Å². The monoisotopic (exact) mass is 591 g/mol. The van der Waals surface area contributed by atoms with Gasteiger partial charge in [0.1, 0.15) is 11.5 Å². The predicted octanol–water partition coefficient (Wildman–Crippen LogP) is 8.15. The average molecular weight is 592 g/mol. The van der Waals surface area contributed by atoms with E-state index in [2.05, 4.69) is 49.1 Å². The van der Waals surface area contributed by atoms with Crippen molar-refractivity contribution in [3.05, 3.63) is 71.8 Å². The Morgan fingerprint density at radius 2 is 1.77 bits per heavy atom. The molecule has 232 valence electrons. The quantitative estimate of drug-likeness (QED) is 0.365. The summed E-state index contributed by atoms with van der Waals surface area (Å²) in [6.07, 6.45) is 15.5. The molecular formula is C40H49NO3. The number of aliphatic hydroxyl groups excluding tert-OH is 1. The summed E-state index contributed by atoms with van der Waals surface area (Å²) in [5.41, 5.74) is 4.45. The van der Waals surface area contributed by atoms with E-state index in [1.165, 1.54) is 63.5 Å². The Hall–Kier alpha value is -2.14. The number of hydrogen-bond acceptors (Lipinski definition) is 4. The van der Waals surface area contributed by atoms with Gasteiger partial charge in [0.2, 0.25) is 0 Å². The minimum atomic E-state index is -0.114. The number of ether oxygens (including phenoxy) is 2. The van der Waals surface area contributed by atoms with Gasteiger partial charge < -0.3 is 14.6 Å². The number of fused-ring (bicyclic) bond motifs is 6. The normalized spacial score (nSPS) is 49.6. The summed E-state index contributed by atoms with van der Waals surface area (Å²) in [7, 11) is 0. The first-order chi connectivity index (χ1) is 21.3. The van der Waals surface area contributed by atoms with Crippen LogP contribution in [-0.2, 0) is 11.3 Å². The SMILES string of the molecule is C[C@H]1C[C@H]2O[C@@]34CC[C@H]5[C@@H]6CC=C7C[C@@H](O)CC[C@]7(C)[C@H]6CC56CC63C[C@@H]4[C@@H]2N(Cc2ccc(Oc3ccccc3)cc2)C1. The Bertz CT molecular complexity index is 1500. The molecule has 5 saturated carbocycles. The van der Waals surface area contributed by atoms with Crippen LogP contribution in [0.3, 0.4) is 0 Å². The first-order valence-corrected chi connectivity index (χ1v) is 18.0. The van der Waals surface area contributed by atoms with Gasteiger partial charge in [0, 0.05) is 30.5 Å². The molecule has 12 atom stereocenters. The van der Waals surface area contributed by atoms with Crippen molar-refractivity contribution in [1.29, 1.82) is 0 Å². The minimum Gasteiger partial charge on any atom is -0.457 e. The van der Waals surface area contributed by atoms with Gasteiger partial charge in [-0.05, 0) is 129 Å². The molecule has 2 aromatic rings. The average Bonchev–Trinajstić information content (AvgIpc) is 3.50. The van der Waals surface area contributed by atoms with Crippen LogP contribution in [0.5, 0.6) is 11.5 Å². The van der Waals surface area contributed by atoms with Gasteiger partial charge in [-0.15, -0.1) is 0 Å². The highest BCUT2D eigenvalue weighted by molar-refractivity contribution is 5.42. The zero-order chi connectivity index (χ0) is 29.5. The molecule has 44 heavy (non-hydrogen) atoms. The van der Waals surface area contributed by atoms with E-state index in [0.29, 0.717) is 40.2 Å². The summed E-state index contributed by atoms with van der Waals surface area (Å²) in [5, 5.41) is 10.5. The second-order valence-electron chi connectivity index (χ2n) is 17.0. The number of nitrogens with zero attached hydrogens (tertiary/aromatic N) is 1. The number of benzene rings is 2. The molecule has 6 aliphatic carbocycles. The molecule has 0 aromatic heterocycles. The second-order valence-corrected chi connectivity index (χ2v) is 17.0. The van der Waals surface area contributed by atoms with E-state index in [-0.39, 0.29) is 11.7 Å². The molecule has 7 fully saturated rings. The van der Waals surface area contributed by atoms with Crippen LogP contribution in [0.1, 0.15) is 83.6 Å². The number of aliphatic hydroxyl groups is 1. The molecule has 0 bridgehead atoms. The van der Waals surface area contributed by atoms with Crippen LogP contribution in [0.2, 0.25) is 0 Å². The van der Waals surface area contributed by atoms with Crippen LogP contribution in [0.25, 0.3) is 0 Å². The van der Waals surface area contributed by atoms with E-state index in [0.717, 1.165) is 48.6 Å². The van der Waals surface area contributed by atoms with Crippen LogP contribution in [0.4, 0.5) is 0 Å². The number of rotatable bonds is 4. The van der Waals surface area contributed by atoms with E-state index in [9.17, 15) is 5.11 Å². The van der Waals surface area contributed by atoms with Gasteiger partial charge >= 0.3 is 0 Å². The highest BCUT2D eigenvalue weighted by Crippen LogP contribution is 2.93. The van der Waals surface area contributed by atoms with Crippen molar-refractivity contribution >= 4 is 0 Å². The number of allylic oxidation sites excluding steroid dienone is 1. The number of hydrogen-bond donors (Lipinski definition) is 1. The van der Waals surface area contributed by atoms with E-state index >= 15 is 0 Å². The molecule has 2 aliphatic heterocycles. The van der Waals surface area contributed by atoms with Gasteiger partial charge in [0.25, 0.3) is 0 Å². The number of likely N-dealkylation sites (tertiary alicyclic amines) is 1. The molecule has 0 radical (unpaired) electrons. The first-order valence-electron chi connectivity index (χ1n) is 18.0. The zero-order valence-corrected chi connectivity index (χ0v) is 26.6. The van der Waals surface area contributed by atoms with Gasteiger partial charge in [-0.2, -0.15) is 0 Å². The van der Waals surface area contributed by atoms with Gasteiger partial charge in [0.15, 0.2) is 0 Å². The van der Waals surface area contributed by atoms with Crippen molar-refractivity contribution in [2.45, 2.75) is 108 Å². The highest BCUT2D eigenvalue weighted by Gasteiger charge is 2.91. The predicted molar refractivity (Wildman–Crippen MR) is 171 cm³/mol. The molecule has 2 saturated heterocycles. The Morgan fingerprint density at radius 3 is 2.61 bits per heavy atom. The van der Waals surface area contributed by atoms with Crippen molar-refractivity contribution in [2.24, 2.45) is 45.8 Å². The molecular weight excluding hydrogens is 542 g/mol. The molecule has 1 N–H and O–H groups in total. The van der Waals surface area contributed by atoms with Crippen LogP contribution < -0.4 is 4.74 Å². The topological polar surface area (TPSA) is 41.9 Å².